The summed E-state index contributed by atoms with van der Waals surface area (Å²) >= 11 is 5.77. The molecule has 1 unspecified atom stereocenters. The molecule has 1 atom stereocenters. The van der Waals surface area contributed by atoms with Crippen molar-refractivity contribution >= 4 is 21.6 Å². The lowest BCUT2D eigenvalue weighted by Gasteiger charge is -2.12. The van der Waals surface area contributed by atoms with E-state index < -0.39 is 10.0 Å². The summed E-state index contributed by atoms with van der Waals surface area (Å²) in [5.41, 5.74) is 5.98. The second-order valence-electron chi connectivity index (χ2n) is 4.61. The molecule has 2 rings (SSSR count). The monoisotopic (exact) mass is 299 g/mol. The van der Waals surface area contributed by atoms with Gasteiger partial charge in [0.2, 0.25) is 10.0 Å². The van der Waals surface area contributed by atoms with E-state index in [1.165, 1.54) is 18.2 Å². The number of nitrogens with one attached hydrogen (secondary N) is 1. The topological polar surface area (TPSA) is 96.0 Å². The fraction of sp³-hybridized carbons (Fsp3) is 0.417. The molecular formula is C12H14ClN3O2S. The normalized spacial score (nSPS) is 16.9. The zero-order chi connectivity index (χ0) is 14.0. The maximum atomic E-state index is 12.0. The van der Waals surface area contributed by atoms with Gasteiger partial charge in [-0.2, -0.15) is 5.26 Å². The minimum atomic E-state index is -3.65. The van der Waals surface area contributed by atoms with Crippen molar-refractivity contribution < 1.29 is 8.42 Å². The second-order valence-corrected chi connectivity index (χ2v) is 6.78. The number of nitriles is 1. The van der Waals surface area contributed by atoms with Gasteiger partial charge < -0.3 is 5.73 Å². The van der Waals surface area contributed by atoms with Gasteiger partial charge in [0.1, 0.15) is 6.07 Å². The highest BCUT2D eigenvalue weighted by Crippen LogP contribution is 2.31. The fourth-order valence-corrected chi connectivity index (χ4v) is 3.00. The van der Waals surface area contributed by atoms with Crippen LogP contribution in [-0.4, -0.2) is 21.0 Å². The Balaban J connectivity index is 2.12. The van der Waals surface area contributed by atoms with E-state index in [-0.39, 0.29) is 28.1 Å². The highest BCUT2D eigenvalue weighted by molar-refractivity contribution is 7.89. The molecule has 1 aromatic carbocycles. The van der Waals surface area contributed by atoms with Crippen LogP contribution in [0.4, 0.5) is 0 Å². The highest BCUT2D eigenvalue weighted by atomic mass is 35.5. The molecule has 19 heavy (non-hydrogen) atoms. The maximum absolute atomic E-state index is 12.0. The maximum Gasteiger partial charge on any atom is 0.240 e. The van der Waals surface area contributed by atoms with Crippen LogP contribution in [0.3, 0.4) is 0 Å². The summed E-state index contributed by atoms with van der Waals surface area (Å²) in [5.74, 6) is 0.419. The van der Waals surface area contributed by atoms with Gasteiger partial charge in [-0.25, -0.2) is 13.1 Å². The van der Waals surface area contributed by atoms with Gasteiger partial charge in [0, 0.05) is 12.6 Å². The van der Waals surface area contributed by atoms with Gasteiger partial charge >= 0.3 is 0 Å². The summed E-state index contributed by atoms with van der Waals surface area (Å²) in [6.45, 7) is 0.206. The quantitative estimate of drug-likeness (QED) is 0.854. The Bertz CT molecular complexity index is 620. The van der Waals surface area contributed by atoms with E-state index in [9.17, 15) is 8.42 Å². The van der Waals surface area contributed by atoms with Gasteiger partial charge in [-0.3, -0.25) is 0 Å². The summed E-state index contributed by atoms with van der Waals surface area (Å²) in [7, 11) is -3.65. The van der Waals surface area contributed by atoms with Crippen molar-refractivity contribution in [2.75, 3.05) is 6.54 Å². The lowest BCUT2D eigenvalue weighted by Crippen LogP contribution is -2.38. The van der Waals surface area contributed by atoms with Gasteiger partial charge in [-0.15, -0.1) is 0 Å². The van der Waals surface area contributed by atoms with Gasteiger partial charge in [0.05, 0.1) is 15.5 Å². The smallest absolute Gasteiger partial charge is 0.240 e. The predicted octanol–water partition coefficient (Wildman–Crippen LogP) is 1.23. The van der Waals surface area contributed by atoms with Crippen LogP contribution in [0.5, 0.6) is 0 Å². The summed E-state index contributed by atoms with van der Waals surface area (Å²) in [6, 6.07) is 5.72. The average molecular weight is 300 g/mol. The molecule has 3 N–H and O–H groups in total. The Labute approximate surface area is 117 Å². The lowest BCUT2D eigenvalue weighted by molar-refractivity contribution is 0.547. The summed E-state index contributed by atoms with van der Waals surface area (Å²) in [4.78, 5) is 0.0245. The number of halogens is 1. The molecule has 0 saturated heterocycles. The Morgan fingerprint density at radius 2 is 2.21 bits per heavy atom. The van der Waals surface area contributed by atoms with E-state index in [1.807, 2.05) is 6.07 Å². The molecule has 0 aliphatic heterocycles. The van der Waals surface area contributed by atoms with E-state index in [0.717, 1.165) is 12.8 Å². The van der Waals surface area contributed by atoms with E-state index in [2.05, 4.69) is 4.72 Å². The second kappa shape index (κ2) is 5.47. The van der Waals surface area contributed by atoms with Crippen LogP contribution >= 0.6 is 11.6 Å². The summed E-state index contributed by atoms with van der Waals surface area (Å²) in [5, 5.41) is 9.07. The zero-order valence-electron chi connectivity index (χ0n) is 10.1. The molecule has 0 bridgehead atoms. The van der Waals surface area contributed by atoms with Gasteiger partial charge in [-0.05, 0) is 37.0 Å². The summed E-state index contributed by atoms with van der Waals surface area (Å²) < 4.78 is 26.5. The third-order valence-electron chi connectivity index (χ3n) is 3.11. The molecular weight excluding hydrogens is 286 g/mol. The SMILES string of the molecule is N#Cc1cc(S(=O)(=O)NCC(N)C2CC2)ccc1Cl. The standard InChI is InChI=1S/C12H14ClN3O2S/c13-11-4-3-10(5-9(11)6-14)19(17,18)16-7-12(15)8-1-2-8/h3-5,8,12,16H,1-2,7,15H2. The largest absolute Gasteiger partial charge is 0.326 e. The lowest BCUT2D eigenvalue weighted by atomic mass is 10.2. The fourth-order valence-electron chi connectivity index (χ4n) is 1.74. The predicted molar refractivity (Wildman–Crippen MR) is 72.1 cm³/mol. The van der Waals surface area contributed by atoms with Crippen molar-refractivity contribution in [3.63, 3.8) is 0 Å². The van der Waals surface area contributed by atoms with Crippen LogP contribution in [-0.2, 0) is 10.0 Å². The van der Waals surface area contributed by atoms with Crippen molar-refractivity contribution in [2.45, 2.75) is 23.8 Å². The van der Waals surface area contributed by atoms with Crippen molar-refractivity contribution in [3.8, 4) is 6.07 Å². The number of hydrogen-bond acceptors (Lipinski definition) is 4. The van der Waals surface area contributed by atoms with Crippen LogP contribution in [0.2, 0.25) is 5.02 Å². The highest BCUT2D eigenvalue weighted by Gasteiger charge is 2.29. The average Bonchev–Trinajstić information content (AvgIpc) is 3.20. The van der Waals surface area contributed by atoms with E-state index in [4.69, 9.17) is 22.6 Å². The molecule has 1 aliphatic rings. The minimum absolute atomic E-state index is 0.0245. The Kier molecular flexibility index (Phi) is 4.11. The number of hydrogen-bond donors (Lipinski definition) is 2. The number of rotatable bonds is 5. The van der Waals surface area contributed by atoms with Crippen LogP contribution in [0.15, 0.2) is 23.1 Å². The molecule has 102 valence electrons. The third-order valence-corrected chi connectivity index (χ3v) is 4.86. The molecule has 1 aromatic rings. The first kappa shape index (κ1) is 14.3. The molecule has 0 amide bonds. The Morgan fingerprint density at radius 3 is 2.79 bits per heavy atom. The van der Waals surface area contributed by atoms with Crippen molar-refractivity contribution in [1.29, 1.82) is 5.26 Å². The summed E-state index contributed by atoms with van der Waals surface area (Å²) in [6.07, 6.45) is 2.12. The molecule has 1 aliphatic carbocycles. The number of nitrogens with zero attached hydrogens (tertiary/aromatic N) is 1. The number of benzene rings is 1. The molecule has 7 heteroatoms. The van der Waals surface area contributed by atoms with Crippen molar-refractivity contribution in [2.24, 2.45) is 11.7 Å². The molecule has 0 aromatic heterocycles. The zero-order valence-corrected chi connectivity index (χ0v) is 11.7. The van der Waals surface area contributed by atoms with Gasteiger partial charge in [0.25, 0.3) is 0 Å². The Morgan fingerprint density at radius 1 is 1.53 bits per heavy atom. The first-order valence-electron chi connectivity index (χ1n) is 5.89. The first-order valence-corrected chi connectivity index (χ1v) is 7.75. The van der Waals surface area contributed by atoms with Crippen LogP contribution < -0.4 is 10.5 Å². The van der Waals surface area contributed by atoms with E-state index in [1.54, 1.807) is 0 Å². The molecule has 0 spiro atoms. The van der Waals surface area contributed by atoms with Crippen LogP contribution in [0.1, 0.15) is 18.4 Å². The molecule has 5 nitrogen and oxygen atoms in total. The van der Waals surface area contributed by atoms with Crippen molar-refractivity contribution in [1.82, 2.24) is 4.72 Å². The van der Waals surface area contributed by atoms with Gasteiger partial charge in [-0.1, -0.05) is 11.6 Å². The van der Waals surface area contributed by atoms with Crippen LogP contribution in [0, 0.1) is 17.2 Å². The third kappa shape index (κ3) is 3.45. The molecule has 1 fully saturated rings. The van der Waals surface area contributed by atoms with Crippen molar-refractivity contribution in [3.05, 3.63) is 28.8 Å². The molecule has 0 radical (unpaired) electrons. The van der Waals surface area contributed by atoms with Crippen LogP contribution in [0.25, 0.3) is 0 Å². The molecule has 1 saturated carbocycles. The van der Waals surface area contributed by atoms with E-state index >= 15 is 0 Å². The minimum Gasteiger partial charge on any atom is -0.326 e. The Hall–Kier alpha value is -1.13. The molecule has 0 heterocycles. The number of nitrogens with two attached hydrogens (primary N) is 1. The number of sulfonamides is 1. The van der Waals surface area contributed by atoms with Gasteiger partial charge in [0.15, 0.2) is 0 Å². The van der Waals surface area contributed by atoms with E-state index in [0.29, 0.717) is 5.92 Å². The first-order chi connectivity index (χ1) is 8.94.